The zero-order chi connectivity index (χ0) is 21.1. The number of benzene rings is 1. The van der Waals surface area contributed by atoms with Crippen molar-refractivity contribution in [3.63, 3.8) is 0 Å². The quantitative estimate of drug-likeness (QED) is 0.677. The van der Waals surface area contributed by atoms with Gasteiger partial charge in [-0.1, -0.05) is 23.5 Å². The summed E-state index contributed by atoms with van der Waals surface area (Å²) >= 11 is 1.37. The number of methoxy groups -OCH3 is 2. The minimum absolute atomic E-state index is 0.135. The largest absolute Gasteiger partial charge is 0.493 e. The van der Waals surface area contributed by atoms with E-state index in [4.69, 9.17) is 9.47 Å². The molecule has 4 rings (SSSR count). The number of para-hydroxylation sites is 1. The number of anilines is 1. The van der Waals surface area contributed by atoms with Crippen molar-refractivity contribution in [3.8, 4) is 11.5 Å². The first-order valence-corrected chi connectivity index (χ1v) is 10.1. The summed E-state index contributed by atoms with van der Waals surface area (Å²) in [5.74, 6) is 0.487. The lowest BCUT2D eigenvalue weighted by molar-refractivity contribution is 0.0732. The van der Waals surface area contributed by atoms with Gasteiger partial charge in [-0.2, -0.15) is 0 Å². The van der Waals surface area contributed by atoms with Crippen LogP contribution in [0, 0.1) is 0 Å². The molecular formula is C21H20N4O4S. The maximum atomic E-state index is 13.1. The second kappa shape index (κ2) is 8.50. The average molecular weight is 424 g/mol. The zero-order valence-electron chi connectivity index (χ0n) is 16.5. The Labute approximate surface area is 177 Å². The molecule has 0 aliphatic carbocycles. The highest BCUT2D eigenvalue weighted by Gasteiger charge is 2.28. The van der Waals surface area contributed by atoms with Gasteiger partial charge < -0.3 is 14.4 Å². The molecule has 0 unspecified atom stereocenters. The van der Waals surface area contributed by atoms with E-state index in [1.807, 2.05) is 0 Å². The highest BCUT2D eigenvalue weighted by atomic mass is 32.1. The van der Waals surface area contributed by atoms with Crippen LogP contribution in [0.2, 0.25) is 0 Å². The minimum Gasteiger partial charge on any atom is -0.493 e. The lowest BCUT2D eigenvalue weighted by Crippen LogP contribution is -2.35. The molecule has 0 fully saturated rings. The Bertz CT molecular complexity index is 1080. The van der Waals surface area contributed by atoms with Crippen LogP contribution < -0.4 is 14.8 Å². The SMILES string of the molecule is COc1cccc(C(=O)N2CCc3nc(NC(=O)c4ccccn4)sc3C2)c1OC. The van der Waals surface area contributed by atoms with Crippen LogP contribution in [0.15, 0.2) is 42.6 Å². The molecule has 9 heteroatoms. The molecule has 8 nitrogen and oxygen atoms in total. The number of fused-ring (bicyclic) bond motifs is 1. The number of carbonyl (C=O) groups excluding carboxylic acids is 2. The van der Waals surface area contributed by atoms with Crippen LogP contribution in [0.25, 0.3) is 0 Å². The Morgan fingerprint density at radius 1 is 1.13 bits per heavy atom. The van der Waals surface area contributed by atoms with E-state index in [9.17, 15) is 9.59 Å². The third-order valence-corrected chi connectivity index (χ3v) is 5.77. The van der Waals surface area contributed by atoms with Gasteiger partial charge in [-0.15, -0.1) is 0 Å². The molecule has 1 aliphatic rings. The first-order valence-electron chi connectivity index (χ1n) is 9.32. The number of hydrogen-bond acceptors (Lipinski definition) is 7. The molecule has 0 atom stereocenters. The minimum atomic E-state index is -0.309. The van der Waals surface area contributed by atoms with E-state index in [1.165, 1.54) is 25.6 Å². The van der Waals surface area contributed by atoms with Gasteiger partial charge in [-0.3, -0.25) is 19.9 Å². The van der Waals surface area contributed by atoms with Crippen molar-refractivity contribution in [2.24, 2.45) is 0 Å². The Kier molecular flexibility index (Phi) is 5.62. The number of nitrogens with zero attached hydrogens (tertiary/aromatic N) is 3. The van der Waals surface area contributed by atoms with E-state index >= 15 is 0 Å². The van der Waals surface area contributed by atoms with Crippen molar-refractivity contribution in [1.82, 2.24) is 14.9 Å². The van der Waals surface area contributed by atoms with Gasteiger partial charge in [0.05, 0.1) is 32.0 Å². The Morgan fingerprint density at radius 3 is 2.73 bits per heavy atom. The molecule has 0 saturated carbocycles. The van der Waals surface area contributed by atoms with Crippen LogP contribution in [-0.4, -0.2) is 47.4 Å². The molecule has 1 aromatic carbocycles. The highest BCUT2D eigenvalue weighted by molar-refractivity contribution is 7.15. The molecule has 2 amide bonds. The monoisotopic (exact) mass is 424 g/mol. The van der Waals surface area contributed by atoms with Gasteiger partial charge in [0.25, 0.3) is 11.8 Å². The average Bonchev–Trinajstić information content (AvgIpc) is 3.19. The number of pyridine rings is 1. The van der Waals surface area contributed by atoms with Crippen LogP contribution in [0.5, 0.6) is 11.5 Å². The maximum absolute atomic E-state index is 13.1. The van der Waals surface area contributed by atoms with Crippen molar-refractivity contribution < 1.29 is 19.1 Å². The number of ether oxygens (including phenoxy) is 2. The van der Waals surface area contributed by atoms with Gasteiger partial charge in [0.2, 0.25) is 0 Å². The summed E-state index contributed by atoms with van der Waals surface area (Å²) in [5, 5.41) is 3.29. The summed E-state index contributed by atoms with van der Waals surface area (Å²) in [6.45, 7) is 0.954. The summed E-state index contributed by atoms with van der Waals surface area (Å²) in [6, 6.07) is 10.4. The zero-order valence-corrected chi connectivity index (χ0v) is 17.4. The molecule has 1 aliphatic heterocycles. The van der Waals surface area contributed by atoms with Gasteiger partial charge in [0.15, 0.2) is 16.6 Å². The number of nitrogens with one attached hydrogen (secondary N) is 1. The first-order chi connectivity index (χ1) is 14.6. The third kappa shape index (κ3) is 3.84. The molecule has 154 valence electrons. The van der Waals surface area contributed by atoms with E-state index in [2.05, 4.69) is 15.3 Å². The molecular weight excluding hydrogens is 404 g/mol. The van der Waals surface area contributed by atoms with Gasteiger partial charge in [-0.25, -0.2) is 4.98 Å². The van der Waals surface area contributed by atoms with Gasteiger partial charge in [-0.05, 0) is 24.3 Å². The third-order valence-electron chi connectivity index (χ3n) is 4.77. The molecule has 0 bridgehead atoms. The smallest absolute Gasteiger partial charge is 0.276 e. The second-order valence-corrected chi connectivity index (χ2v) is 7.66. The van der Waals surface area contributed by atoms with Gasteiger partial charge in [0, 0.05) is 24.0 Å². The van der Waals surface area contributed by atoms with E-state index in [-0.39, 0.29) is 11.8 Å². The summed E-state index contributed by atoms with van der Waals surface area (Å²) in [5.41, 5.74) is 1.68. The topological polar surface area (TPSA) is 93.7 Å². The van der Waals surface area contributed by atoms with Crippen LogP contribution >= 0.6 is 11.3 Å². The number of carbonyl (C=O) groups is 2. The Balaban J connectivity index is 1.51. The molecule has 0 spiro atoms. The van der Waals surface area contributed by atoms with Crippen molar-refractivity contribution in [2.75, 3.05) is 26.1 Å². The lowest BCUT2D eigenvalue weighted by atomic mass is 10.1. The Morgan fingerprint density at radius 2 is 2.00 bits per heavy atom. The van der Waals surface area contributed by atoms with Gasteiger partial charge in [0.1, 0.15) is 5.69 Å². The second-order valence-electron chi connectivity index (χ2n) is 6.58. The van der Waals surface area contributed by atoms with E-state index in [1.54, 1.807) is 47.5 Å². The molecule has 0 radical (unpaired) electrons. The predicted octanol–water partition coefficient (Wildman–Crippen LogP) is 3.01. The maximum Gasteiger partial charge on any atom is 0.276 e. The number of rotatable bonds is 5. The summed E-state index contributed by atoms with van der Waals surface area (Å²) in [7, 11) is 3.06. The fourth-order valence-corrected chi connectivity index (χ4v) is 4.33. The summed E-state index contributed by atoms with van der Waals surface area (Å²) in [4.78, 5) is 36.7. The number of hydrogen-bond donors (Lipinski definition) is 1. The molecule has 2 aromatic heterocycles. The first kappa shape index (κ1) is 19.8. The molecule has 0 saturated heterocycles. The van der Waals surface area contributed by atoms with Crippen LogP contribution in [0.1, 0.15) is 31.4 Å². The summed E-state index contributed by atoms with van der Waals surface area (Å²) in [6.07, 6.45) is 2.18. The van der Waals surface area contributed by atoms with E-state index in [0.29, 0.717) is 47.4 Å². The fourth-order valence-electron chi connectivity index (χ4n) is 3.31. The van der Waals surface area contributed by atoms with Gasteiger partial charge >= 0.3 is 0 Å². The molecule has 3 heterocycles. The predicted molar refractivity (Wildman–Crippen MR) is 112 cm³/mol. The van der Waals surface area contributed by atoms with Crippen molar-refractivity contribution in [3.05, 3.63) is 64.4 Å². The molecule has 1 N–H and O–H groups in total. The number of aromatic nitrogens is 2. The normalized spacial score (nSPS) is 12.8. The van der Waals surface area contributed by atoms with Crippen LogP contribution in [0.3, 0.4) is 0 Å². The summed E-state index contributed by atoms with van der Waals surface area (Å²) < 4.78 is 10.7. The number of amides is 2. The highest BCUT2D eigenvalue weighted by Crippen LogP contribution is 2.34. The lowest BCUT2D eigenvalue weighted by Gasteiger charge is -2.27. The molecule has 3 aromatic rings. The van der Waals surface area contributed by atoms with E-state index in [0.717, 1.165) is 10.6 Å². The van der Waals surface area contributed by atoms with E-state index < -0.39 is 0 Å². The van der Waals surface area contributed by atoms with Crippen LogP contribution in [0.4, 0.5) is 5.13 Å². The fraction of sp³-hybridized carbons (Fsp3) is 0.238. The standard InChI is InChI=1S/C21H20N4O4S/c1-28-16-8-5-6-13(18(16)29-2)20(27)25-11-9-14-17(12-25)30-21(23-14)24-19(26)15-7-3-4-10-22-15/h3-8,10H,9,11-12H2,1-2H3,(H,23,24,26). The molecule has 30 heavy (non-hydrogen) atoms. The van der Waals surface area contributed by atoms with Crippen LogP contribution in [-0.2, 0) is 13.0 Å². The van der Waals surface area contributed by atoms with Crippen molar-refractivity contribution >= 4 is 28.3 Å². The Hall–Kier alpha value is -3.46. The van der Waals surface area contributed by atoms with Crippen molar-refractivity contribution in [2.45, 2.75) is 13.0 Å². The van der Waals surface area contributed by atoms with Crippen molar-refractivity contribution in [1.29, 1.82) is 0 Å². The number of thiazole rings is 1.